The van der Waals surface area contributed by atoms with Crippen molar-refractivity contribution in [3.8, 4) is 0 Å². The first kappa shape index (κ1) is 11.4. The van der Waals surface area contributed by atoms with Gasteiger partial charge in [0.05, 0.1) is 17.2 Å². The summed E-state index contributed by atoms with van der Waals surface area (Å²) in [7, 11) is 0. The first-order chi connectivity index (χ1) is 7.78. The molecule has 1 aromatic heterocycles. The van der Waals surface area contributed by atoms with Crippen LogP contribution in [0.1, 0.15) is 16.3 Å². The number of aryl methyl sites for hydroxylation is 1. The second-order valence-electron chi connectivity index (χ2n) is 3.54. The highest BCUT2D eigenvalue weighted by molar-refractivity contribution is 7.09. The third kappa shape index (κ3) is 2.97. The lowest BCUT2D eigenvalue weighted by Crippen LogP contribution is -1.99. The van der Waals surface area contributed by atoms with Gasteiger partial charge in [-0.1, -0.05) is 12.1 Å². The maximum atomic E-state index is 5.73. The molecule has 0 fully saturated rings. The molecular weight excluding hydrogens is 240 g/mol. The number of benzene rings is 1. The van der Waals surface area contributed by atoms with Crippen LogP contribution >= 0.6 is 22.9 Å². The van der Waals surface area contributed by atoms with Gasteiger partial charge in [0.1, 0.15) is 0 Å². The third-order valence-corrected chi connectivity index (χ3v) is 3.38. The number of anilines is 1. The molecule has 0 aliphatic carbocycles. The summed E-state index contributed by atoms with van der Waals surface area (Å²) >= 11 is 7.40. The number of rotatable bonds is 4. The van der Waals surface area contributed by atoms with Crippen LogP contribution in [0.5, 0.6) is 0 Å². The van der Waals surface area contributed by atoms with E-state index in [4.69, 9.17) is 11.6 Å². The van der Waals surface area contributed by atoms with E-state index in [0.29, 0.717) is 5.88 Å². The SMILES string of the molecule is Cc1nc(CNc2ccc(CCl)cc2)cs1. The van der Waals surface area contributed by atoms with Crippen molar-refractivity contribution >= 4 is 28.6 Å². The van der Waals surface area contributed by atoms with Crippen molar-refractivity contribution in [3.05, 3.63) is 45.9 Å². The Labute approximate surface area is 104 Å². The summed E-state index contributed by atoms with van der Waals surface area (Å²) in [6.45, 7) is 2.79. The van der Waals surface area contributed by atoms with Gasteiger partial charge in [0.15, 0.2) is 0 Å². The fourth-order valence-electron chi connectivity index (χ4n) is 1.39. The largest absolute Gasteiger partial charge is 0.379 e. The van der Waals surface area contributed by atoms with Crippen molar-refractivity contribution < 1.29 is 0 Å². The number of aromatic nitrogens is 1. The van der Waals surface area contributed by atoms with Crippen LogP contribution in [-0.4, -0.2) is 4.98 Å². The van der Waals surface area contributed by atoms with Crippen molar-refractivity contribution in [2.24, 2.45) is 0 Å². The van der Waals surface area contributed by atoms with Gasteiger partial charge >= 0.3 is 0 Å². The quantitative estimate of drug-likeness (QED) is 0.838. The Morgan fingerprint density at radius 1 is 1.31 bits per heavy atom. The lowest BCUT2D eigenvalue weighted by molar-refractivity contribution is 1.05. The standard InChI is InChI=1S/C12H13ClN2S/c1-9-15-12(8-16-9)7-14-11-4-2-10(6-13)3-5-11/h2-5,8,14H,6-7H2,1H3. The molecule has 0 atom stereocenters. The number of hydrogen-bond donors (Lipinski definition) is 1. The van der Waals surface area contributed by atoms with Gasteiger partial charge < -0.3 is 5.32 Å². The predicted octanol–water partition coefficient (Wildman–Crippen LogP) is 3.80. The van der Waals surface area contributed by atoms with Gasteiger partial charge in [-0.05, 0) is 24.6 Å². The minimum absolute atomic E-state index is 0.561. The van der Waals surface area contributed by atoms with Gasteiger partial charge in [0, 0.05) is 16.9 Å². The van der Waals surface area contributed by atoms with E-state index in [-0.39, 0.29) is 0 Å². The smallest absolute Gasteiger partial charge is 0.0898 e. The molecule has 0 aliphatic rings. The van der Waals surface area contributed by atoms with Crippen LogP contribution in [0, 0.1) is 6.92 Å². The number of thiazole rings is 1. The number of alkyl halides is 1. The van der Waals surface area contributed by atoms with Crippen molar-refractivity contribution in [2.45, 2.75) is 19.3 Å². The monoisotopic (exact) mass is 252 g/mol. The third-order valence-electron chi connectivity index (χ3n) is 2.25. The average molecular weight is 253 g/mol. The van der Waals surface area contributed by atoms with E-state index in [1.807, 2.05) is 31.2 Å². The number of nitrogens with zero attached hydrogens (tertiary/aromatic N) is 1. The topological polar surface area (TPSA) is 24.9 Å². The summed E-state index contributed by atoms with van der Waals surface area (Å²) in [4.78, 5) is 4.39. The Hall–Kier alpha value is -1.06. The van der Waals surface area contributed by atoms with Gasteiger partial charge in [-0.2, -0.15) is 0 Å². The highest BCUT2D eigenvalue weighted by atomic mass is 35.5. The molecular formula is C12H13ClN2S. The Kier molecular flexibility index (Phi) is 3.80. The number of nitrogens with one attached hydrogen (secondary N) is 1. The van der Waals surface area contributed by atoms with E-state index in [1.165, 1.54) is 0 Å². The Balaban J connectivity index is 1.94. The zero-order chi connectivity index (χ0) is 11.4. The second kappa shape index (κ2) is 5.32. The van der Waals surface area contributed by atoms with Crippen LogP contribution in [-0.2, 0) is 12.4 Å². The summed E-state index contributed by atoms with van der Waals surface area (Å²) in [6.07, 6.45) is 0. The molecule has 84 valence electrons. The van der Waals surface area contributed by atoms with Crippen molar-refractivity contribution in [3.63, 3.8) is 0 Å². The molecule has 0 amide bonds. The molecule has 2 aromatic rings. The van der Waals surface area contributed by atoms with Gasteiger partial charge in [0.25, 0.3) is 0 Å². The summed E-state index contributed by atoms with van der Waals surface area (Å²) in [5.41, 5.74) is 3.32. The molecule has 0 saturated heterocycles. The van der Waals surface area contributed by atoms with Crippen LogP contribution in [0.25, 0.3) is 0 Å². The number of halogens is 1. The van der Waals surface area contributed by atoms with E-state index in [9.17, 15) is 0 Å². The van der Waals surface area contributed by atoms with Gasteiger partial charge in [-0.3, -0.25) is 0 Å². The normalized spacial score (nSPS) is 10.4. The minimum atomic E-state index is 0.561. The lowest BCUT2D eigenvalue weighted by atomic mass is 10.2. The van der Waals surface area contributed by atoms with Gasteiger partial charge in [-0.15, -0.1) is 22.9 Å². The van der Waals surface area contributed by atoms with Crippen LogP contribution in [0.15, 0.2) is 29.6 Å². The molecule has 0 saturated carbocycles. The van der Waals surface area contributed by atoms with Crippen LogP contribution in [0.2, 0.25) is 0 Å². The van der Waals surface area contributed by atoms with Crippen LogP contribution < -0.4 is 5.32 Å². The molecule has 1 N–H and O–H groups in total. The van der Waals surface area contributed by atoms with Crippen molar-refractivity contribution in [2.75, 3.05) is 5.32 Å². The summed E-state index contributed by atoms with van der Waals surface area (Å²) in [5.74, 6) is 0.561. The van der Waals surface area contributed by atoms with Crippen molar-refractivity contribution in [1.82, 2.24) is 4.98 Å². The number of hydrogen-bond acceptors (Lipinski definition) is 3. The summed E-state index contributed by atoms with van der Waals surface area (Å²) in [6, 6.07) is 8.14. The van der Waals surface area contributed by atoms with E-state index >= 15 is 0 Å². The molecule has 4 heteroatoms. The highest BCUT2D eigenvalue weighted by Crippen LogP contribution is 2.13. The fraction of sp³-hybridized carbons (Fsp3) is 0.250. The highest BCUT2D eigenvalue weighted by Gasteiger charge is 1.98. The van der Waals surface area contributed by atoms with Crippen LogP contribution in [0.3, 0.4) is 0 Å². The zero-order valence-electron chi connectivity index (χ0n) is 9.03. The molecule has 1 heterocycles. The molecule has 0 radical (unpaired) electrons. The van der Waals surface area contributed by atoms with Gasteiger partial charge in [-0.25, -0.2) is 4.98 Å². The maximum Gasteiger partial charge on any atom is 0.0898 e. The average Bonchev–Trinajstić information content (AvgIpc) is 2.73. The predicted molar refractivity (Wildman–Crippen MR) is 70.2 cm³/mol. The fourth-order valence-corrected chi connectivity index (χ4v) is 2.18. The minimum Gasteiger partial charge on any atom is -0.379 e. The lowest BCUT2D eigenvalue weighted by Gasteiger charge is -2.04. The van der Waals surface area contributed by atoms with E-state index in [2.05, 4.69) is 15.7 Å². The Morgan fingerprint density at radius 3 is 2.62 bits per heavy atom. The second-order valence-corrected chi connectivity index (χ2v) is 4.87. The molecule has 1 aromatic carbocycles. The first-order valence-electron chi connectivity index (χ1n) is 5.08. The van der Waals surface area contributed by atoms with Crippen molar-refractivity contribution in [1.29, 1.82) is 0 Å². The van der Waals surface area contributed by atoms with E-state index in [1.54, 1.807) is 11.3 Å². The molecule has 0 spiro atoms. The van der Waals surface area contributed by atoms with E-state index < -0.39 is 0 Å². The maximum absolute atomic E-state index is 5.73. The zero-order valence-corrected chi connectivity index (χ0v) is 10.6. The molecule has 16 heavy (non-hydrogen) atoms. The molecule has 0 unspecified atom stereocenters. The Bertz CT molecular complexity index is 450. The van der Waals surface area contributed by atoms with Gasteiger partial charge in [0.2, 0.25) is 0 Å². The van der Waals surface area contributed by atoms with E-state index in [0.717, 1.165) is 28.5 Å². The summed E-state index contributed by atoms with van der Waals surface area (Å²) < 4.78 is 0. The molecule has 2 rings (SSSR count). The van der Waals surface area contributed by atoms with Crippen LogP contribution in [0.4, 0.5) is 5.69 Å². The Morgan fingerprint density at radius 2 is 2.06 bits per heavy atom. The molecule has 0 aliphatic heterocycles. The first-order valence-corrected chi connectivity index (χ1v) is 6.49. The molecule has 0 bridgehead atoms. The summed E-state index contributed by atoms with van der Waals surface area (Å²) in [5, 5.41) is 6.51. The molecule has 2 nitrogen and oxygen atoms in total.